The van der Waals surface area contributed by atoms with E-state index in [1.807, 2.05) is 18.2 Å². The van der Waals surface area contributed by atoms with Crippen LogP contribution in [0.25, 0.3) is 105 Å². The third kappa shape index (κ3) is 5.50. The van der Waals surface area contributed by atoms with Gasteiger partial charge in [0, 0.05) is 49.9 Å². The van der Waals surface area contributed by atoms with E-state index in [1.165, 1.54) is 21.7 Å². The van der Waals surface area contributed by atoms with Gasteiger partial charge in [-0.15, -0.1) is 0 Å². The fourth-order valence-electron chi connectivity index (χ4n) is 8.94. The van der Waals surface area contributed by atoms with Crippen LogP contribution in [0.15, 0.2) is 185 Å². The highest BCUT2D eigenvalue weighted by Gasteiger charge is 2.30. The van der Waals surface area contributed by atoms with Crippen LogP contribution in [0.1, 0.15) is 36.4 Å². The molecule has 12 rings (SSSR count). The van der Waals surface area contributed by atoms with Crippen LogP contribution in [0.4, 0.5) is 0 Å². The lowest BCUT2D eigenvalue weighted by Gasteiger charge is -2.18. The molecule has 0 N–H and O–H groups in total. The molecule has 0 bridgehead atoms. The van der Waals surface area contributed by atoms with Crippen LogP contribution in [0.3, 0.4) is 0 Å². The summed E-state index contributed by atoms with van der Waals surface area (Å²) in [5.41, 5.74) is 10.8. The topological polar surface area (TPSA) is 65.0 Å². The van der Waals surface area contributed by atoms with Gasteiger partial charge < -0.3 is 8.83 Å². The summed E-state index contributed by atoms with van der Waals surface area (Å²) in [5, 5.41) is 7.96. The Kier molecular flexibility index (Phi) is 7.51. The normalized spacial score (nSPS) is 14.1. The third-order valence-electron chi connectivity index (χ3n) is 11.9. The molecule has 1 aliphatic rings. The Bertz CT molecular complexity index is 3500. The summed E-state index contributed by atoms with van der Waals surface area (Å²) in [4.78, 5) is 15.7. The molecule has 3 aromatic heterocycles. The summed E-state index contributed by atoms with van der Waals surface area (Å²) in [5.74, 6) is 2.99. The van der Waals surface area contributed by atoms with Crippen LogP contribution in [-0.4, -0.2) is 15.0 Å². The molecule has 0 aliphatic heterocycles. The van der Waals surface area contributed by atoms with E-state index in [2.05, 4.69) is 165 Å². The average Bonchev–Trinajstić information content (AvgIpc) is 3.89. The standard InChI is InChI=1S/C54H35N3O2/c1-32-20-29-45(49-44-17-8-16-42(51(44)59-50(32)49)41-15-9-19-47-48(41)43-14-6-7-18-46(43)58-47)54-56-52(55-53(57-54)40-28-24-34-11-3-5-13-38(34)31-40)36-25-21-35(22-26-36)39-27-23-33-10-2-4-12-37(33)30-39/h2-19,21-32H,20H2,1H3. The average molecular weight is 758 g/mol. The Morgan fingerprint density at radius 1 is 0.458 bits per heavy atom. The van der Waals surface area contributed by atoms with Gasteiger partial charge in [-0.05, 0) is 68.9 Å². The van der Waals surface area contributed by atoms with Crippen LogP contribution in [-0.2, 0) is 0 Å². The number of fused-ring (bicyclic) bond motifs is 8. The Balaban J connectivity index is 1.02. The van der Waals surface area contributed by atoms with E-state index in [4.69, 9.17) is 23.8 Å². The Labute approximate surface area is 340 Å². The van der Waals surface area contributed by atoms with E-state index in [-0.39, 0.29) is 5.92 Å². The Morgan fingerprint density at radius 2 is 1.03 bits per heavy atom. The zero-order valence-electron chi connectivity index (χ0n) is 32.2. The summed E-state index contributed by atoms with van der Waals surface area (Å²) < 4.78 is 13.3. The fourth-order valence-corrected chi connectivity index (χ4v) is 8.94. The van der Waals surface area contributed by atoms with Gasteiger partial charge in [0.1, 0.15) is 22.5 Å². The van der Waals surface area contributed by atoms with Crippen LogP contribution >= 0.6 is 0 Å². The maximum atomic E-state index is 6.99. The van der Waals surface area contributed by atoms with Gasteiger partial charge in [-0.2, -0.15) is 0 Å². The number of allylic oxidation sites excluding steroid dienone is 1. The molecule has 0 saturated carbocycles. The fraction of sp³-hybridized carbons (Fsp3) is 0.0556. The van der Waals surface area contributed by atoms with Crippen molar-refractivity contribution in [2.45, 2.75) is 19.3 Å². The number of aromatic nitrogens is 3. The zero-order chi connectivity index (χ0) is 39.0. The van der Waals surface area contributed by atoms with Crippen molar-refractivity contribution in [1.29, 1.82) is 0 Å². The first kappa shape index (κ1) is 33.5. The van der Waals surface area contributed by atoms with Gasteiger partial charge in [0.05, 0.1) is 0 Å². The van der Waals surface area contributed by atoms with Crippen LogP contribution in [0.5, 0.6) is 0 Å². The van der Waals surface area contributed by atoms with E-state index in [9.17, 15) is 0 Å². The SMILES string of the molecule is CC1CC=C(c2nc(-c3ccc(-c4ccc5ccccc5c4)cc3)nc(-c3ccc4ccccc4c3)n2)c2c1oc1c(-c3cccc4oc5ccccc5c34)cccc21. The molecule has 8 aromatic carbocycles. The van der Waals surface area contributed by atoms with Gasteiger partial charge in [0.15, 0.2) is 17.5 Å². The molecular weight excluding hydrogens is 723 g/mol. The van der Waals surface area contributed by atoms with Crippen LogP contribution in [0, 0.1) is 0 Å². The maximum absolute atomic E-state index is 6.99. The molecule has 59 heavy (non-hydrogen) atoms. The van der Waals surface area contributed by atoms with Gasteiger partial charge in [-0.3, -0.25) is 0 Å². The summed E-state index contributed by atoms with van der Waals surface area (Å²) in [6.07, 6.45) is 3.08. The molecule has 5 heteroatoms. The molecule has 1 atom stereocenters. The van der Waals surface area contributed by atoms with Crippen molar-refractivity contribution in [2.75, 3.05) is 0 Å². The number of para-hydroxylation sites is 2. The molecule has 3 heterocycles. The Hall–Kier alpha value is -7.63. The molecule has 0 radical (unpaired) electrons. The molecule has 1 aliphatic carbocycles. The predicted molar refractivity (Wildman–Crippen MR) is 240 cm³/mol. The van der Waals surface area contributed by atoms with E-state index in [1.54, 1.807) is 0 Å². The zero-order valence-corrected chi connectivity index (χ0v) is 32.2. The minimum absolute atomic E-state index is 0.170. The van der Waals surface area contributed by atoms with Gasteiger partial charge in [-0.25, -0.2) is 15.0 Å². The van der Waals surface area contributed by atoms with Gasteiger partial charge >= 0.3 is 0 Å². The number of rotatable bonds is 5. The number of benzene rings is 8. The van der Waals surface area contributed by atoms with Crippen LogP contribution < -0.4 is 0 Å². The second-order valence-electron chi connectivity index (χ2n) is 15.6. The van der Waals surface area contributed by atoms with Gasteiger partial charge in [0.25, 0.3) is 0 Å². The highest BCUT2D eigenvalue weighted by Crippen LogP contribution is 2.47. The van der Waals surface area contributed by atoms with Crippen molar-refractivity contribution in [3.05, 3.63) is 193 Å². The first-order valence-electron chi connectivity index (χ1n) is 20.1. The maximum Gasteiger partial charge on any atom is 0.164 e. The van der Waals surface area contributed by atoms with Gasteiger partial charge in [-0.1, -0.05) is 159 Å². The van der Waals surface area contributed by atoms with Crippen LogP contribution in [0.2, 0.25) is 0 Å². The lowest BCUT2D eigenvalue weighted by molar-refractivity contribution is 0.503. The van der Waals surface area contributed by atoms with E-state index in [0.717, 1.165) is 89.4 Å². The number of nitrogens with zero attached hydrogens (tertiary/aromatic N) is 3. The second-order valence-corrected chi connectivity index (χ2v) is 15.6. The largest absolute Gasteiger partial charge is 0.459 e. The van der Waals surface area contributed by atoms with Crippen molar-refractivity contribution in [2.24, 2.45) is 0 Å². The predicted octanol–water partition coefficient (Wildman–Crippen LogP) is 14.4. The van der Waals surface area contributed by atoms with Crippen molar-refractivity contribution >= 4 is 60.0 Å². The van der Waals surface area contributed by atoms with Crippen molar-refractivity contribution < 1.29 is 8.83 Å². The van der Waals surface area contributed by atoms with Gasteiger partial charge in [0.2, 0.25) is 0 Å². The molecule has 0 saturated heterocycles. The van der Waals surface area contributed by atoms with E-state index in [0.29, 0.717) is 17.5 Å². The minimum Gasteiger partial charge on any atom is -0.459 e. The smallest absolute Gasteiger partial charge is 0.164 e. The Morgan fingerprint density at radius 3 is 1.83 bits per heavy atom. The molecule has 0 fully saturated rings. The molecule has 11 aromatic rings. The van der Waals surface area contributed by atoms with Crippen molar-refractivity contribution in [3.63, 3.8) is 0 Å². The lowest BCUT2D eigenvalue weighted by atomic mass is 9.87. The summed E-state index contributed by atoms with van der Waals surface area (Å²) >= 11 is 0. The highest BCUT2D eigenvalue weighted by atomic mass is 16.3. The highest BCUT2D eigenvalue weighted by molar-refractivity contribution is 6.15. The number of hydrogen-bond acceptors (Lipinski definition) is 5. The van der Waals surface area contributed by atoms with Crippen molar-refractivity contribution in [3.8, 4) is 45.0 Å². The monoisotopic (exact) mass is 757 g/mol. The number of furan rings is 2. The molecule has 278 valence electrons. The molecule has 0 amide bonds. The molecule has 0 spiro atoms. The quantitative estimate of drug-likeness (QED) is 0.175. The van der Waals surface area contributed by atoms with E-state index < -0.39 is 0 Å². The summed E-state index contributed by atoms with van der Waals surface area (Å²) in [7, 11) is 0. The molecular formula is C54H35N3O2. The lowest BCUT2D eigenvalue weighted by Crippen LogP contribution is -2.08. The molecule has 1 unspecified atom stereocenters. The third-order valence-corrected chi connectivity index (χ3v) is 11.9. The molecule has 5 nitrogen and oxygen atoms in total. The summed E-state index contributed by atoms with van der Waals surface area (Å²) in [6, 6.07) is 59.4. The number of hydrogen-bond donors (Lipinski definition) is 0. The second kappa shape index (κ2) is 13.2. The summed E-state index contributed by atoms with van der Waals surface area (Å²) in [6.45, 7) is 2.23. The van der Waals surface area contributed by atoms with E-state index >= 15 is 0 Å². The van der Waals surface area contributed by atoms with Crippen molar-refractivity contribution in [1.82, 2.24) is 15.0 Å². The minimum atomic E-state index is 0.170. The first-order valence-corrected chi connectivity index (χ1v) is 20.1. The first-order chi connectivity index (χ1) is 29.1.